The average Bonchev–Trinajstić information content (AvgIpc) is 2.86. The summed E-state index contributed by atoms with van der Waals surface area (Å²) in [7, 11) is 0. The van der Waals surface area contributed by atoms with E-state index in [1.807, 2.05) is 72.8 Å². The zero-order chi connectivity index (χ0) is 23.2. The Morgan fingerprint density at radius 1 is 0.970 bits per heavy atom. The van der Waals surface area contributed by atoms with E-state index in [1.165, 1.54) is 30.3 Å². The van der Waals surface area contributed by atoms with E-state index in [1.54, 1.807) is 0 Å². The number of benzene rings is 4. The van der Waals surface area contributed by atoms with E-state index in [9.17, 15) is 20.2 Å². The van der Waals surface area contributed by atoms with Crippen LogP contribution in [0.5, 0.6) is 5.75 Å². The Balaban J connectivity index is 1.77. The number of hydrogen-bond acceptors (Lipinski definition) is 5. The minimum absolute atomic E-state index is 0.0731. The van der Waals surface area contributed by atoms with Gasteiger partial charge in [0.05, 0.1) is 4.92 Å². The quantitative estimate of drug-likeness (QED) is 0.115. The summed E-state index contributed by atoms with van der Waals surface area (Å²) in [6, 6.07) is 28.3. The molecule has 0 spiro atoms. The maximum atomic E-state index is 13.0. The van der Waals surface area contributed by atoms with E-state index in [0.717, 1.165) is 16.3 Å². The van der Waals surface area contributed by atoms with Crippen molar-refractivity contribution in [3.8, 4) is 11.8 Å². The molecule has 4 aromatic rings. The van der Waals surface area contributed by atoms with Gasteiger partial charge in [0.2, 0.25) is 5.78 Å². The topological polar surface area (TPSA) is 93.2 Å². The summed E-state index contributed by atoms with van der Waals surface area (Å²) < 4.78 is 6.06. The lowest BCUT2D eigenvalue weighted by molar-refractivity contribution is -0.384. The highest BCUT2D eigenvalue weighted by atomic mass is 16.6. The molecule has 0 bridgehead atoms. The monoisotopic (exact) mass is 434 g/mol. The van der Waals surface area contributed by atoms with Gasteiger partial charge in [0.25, 0.3) is 5.69 Å². The second-order valence-electron chi connectivity index (χ2n) is 7.28. The molecular formula is C27H18N2O4. The number of nitro benzene ring substituents is 1. The smallest absolute Gasteiger partial charge is 0.270 e. The van der Waals surface area contributed by atoms with Crippen molar-refractivity contribution in [2.75, 3.05) is 0 Å². The van der Waals surface area contributed by atoms with Crippen LogP contribution < -0.4 is 4.74 Å². The first kappa shape index (κ1) is 21.5. The van der Waals surface area contributed by atoms with Crippen molar-refractivity contribution in [3.05, 3.63) is 123 Å². The fourth-order valence-corrected chi connectivity index (χ4v) is 3.49. The molecule has 6 heteroatoms. The van der Waals surface area contributed by atoms with Gasteiger partial charge in [-0.25, -0.2) is 0 Å². The van der Waals surface area contributed by atoms with E-state index in [2.05, 4.69) is 0 Å². The van der Waals surface area contributed by atoms with Crippen LogP contribution in [0.3, 0.4) is 0 Å². The Bertz CT molecular complexity index is 1420. The molecule has 0 saturated heterocycles. The molecule has 0 saturated carbocycles. The lowest BCUT2D eigenvalue weighted by atomic mass is 9.97. The van der Waals surface area contributed by atoms with Crippen LogP contribution in [0.2, 0.25) is 0 Å². The number of carbonyl (C=O) groups is 1. The Labute approximate surface area is 190 Å². The lowest BCUT2D eigenvalue weighted by Crippen LogP contribution is -2.04. The first-order valence-electron chi connectivity index (χ1n) is 10.2. The fourth-order valence-electron chi connectivity index (χ4n) is 3.49. The molecule has 0 atom stereocenters. The molecule has 0 amide bonds. The van der Waals surface area contributed by atoms with E-state index in [0.29, 0.717) is 17.9 Å². The Kier molecular flexibility index (Phi) is 6.24. The number of hydrogen-bond donors (Lipinski definition) is 0. The number of nitriles is 1. The maximum absolute atomic E-state index is 13.0. The van der Waals surface area contributed by atoms with Crippen molar-refractivity contribution in [3.63, 3.8) is 0 Å². The molecule has 0 heterocycles. The van der Waals surface area contributed by atoms with E-state index >= 15 is 0 Å². The number of allylic oxidation sites excluding steroid dienone is 1. The van der Waals surface area contributed by atoms with Crippen molar-refractivity contribution in [1.82, 2.24) is 0 Å². The SMILES string of the molecule is N#C/C(=C\c1c(OCc2ccccc2)ccc2ccccc12)C(=O)c1cccc([N+](=O)[O-])c1. The van der Waals surface area contributed by atoms with Crippen molar-refractivity contribution in [2.24, 2.45) is 0 Å². The number of fused-ring (bicyclic) bond motifs is 1. The van der Waals surface area contributed by atoms with Gasteiger partial charge in [-0.1, -0.05) is 72.8 Å². The molecule has 0 aliphatic rings. The van der Waals surface area contributed by atoms with Crippen molar-refractivity contribution in [1.29, 1.82) is 5.26 Å². The van der Waals surface area contributed by atoms with Crippen LogP contribution in [0.4, 0.5) is 5.69 Å². The lowest BCUT2D eigenvalue weighted by Gasteiger charge is -2.13. The zero-order valence-electron chi connectivity index (χ0n) is 17.5. The minimum Gasteiger partial charge on any atom is -0.488 e. The number of rotatable bonds is 7. The second-order valence-corrected chi connectivity index (χ2v) is 7.28. The molecule has 0 aliphatic heterocycles. The third-order valence-corrected chi connectivity index (χ3v) is 5.14. The summed E-state index contributed by atoms with van der Waals surface area (Å²) in [6.07, 6.45) is 1.49. The standard InChI is InChI=1S/C27H18N2O4/c28-17-22(27(30)21-10-6-11-23(15-21)29(31)32)16-25-24-12-5-4-9-20(24)13-14-26(25)33-18-19-7-2-1-3-8-19/h1-16H,18H2/b22-16+. The Morgan fingerprint density at radius 2 is 1.73 bits per heavy atom. The number of Topliss-reactive ketones (excluding diaryl/α,β-unsaturated/α-hetero) is 1. The summed E-state index contributed by atoms with van der Waals surface area (Å²) in [4.78, 5) is 23.5. The van der Waals surface area contributed by atoms with Crippen LogP contribution in [0.15, 0.2) is 96.6 Å². The molecule has 0 N–H and O–H groups in total. The number of nitro groups is 1. The van der Waals surface area contributed by atoms with Crippen molar-refractivity contribution >= 4 is 28.3 Å². The van der Waals surface area contributed by atoms with Crippen LogP contribution >= 0.6 is 0 Å². The fraction of sp³-hybridized carbons (Fsp3) is 0.0370. The molecule has 6 nitrogen and oxygen atoms in total. The predicted octanol–water partition coefficient (Wildman–Crippen LogP) is 6.12. The van der Waals surface area contributed by atoms with Gasteiger partial charge in [0.15, 0.2) is 0 Å². The zero-order valence-corrected chi connectivity index (χ0v) is 17.5. The molecular weight excluding hydrogens is 416 g/mol. The highest BCUT2D eigenvalue weighted by Crippen LogP contribution is 2.31. The predicted molar refractivity (Wildman–Crippen MR) is 126 cm³/mol. The number of ether oxygens (including phenoxy) is 1. The van der Waals surface area contributed by atoms with Crippen LogP contribution in [0.25, 0.3) is 16.8 Å². The number of nitrogens with zero attached hydrogens (tertiary/aromatic N) is 2. The summed E-state index contributed by atoms with van der Waals surface area (Å²) >= 11 is 0. The van der Waals surface area contributed by atoms with E-state index in [4.69, 9.17) is 4.74 Å². The van der Waals surface area contributed by atoms with Crippen LogP contribution in [0, 0.1) is 21.4 Å². The molecule has 0 aliphatic carbocycles. The van der Waals surface area contributed by atoms with Crippen LogP contribution in [-0.2, 0) is 6.61 Å². The maximum Gasteiger partial charge on any atom is 0.270 e. The molecule has 0 aromatic heterocycles. The molecule has 0 fully saturated rings. The summed E-state index contributed by atoms with van der Waals surface area (Å²) in [6.45, 7) is 0.320. The molecule has 4 aromatic carbocycles. The van der Waals surface area contributed by atoms with Gasteiger partial charge in [-0.3, -0.25) is 14.9 Å². The molecule has 4 rings (SSSR count). The Morgan fingerprint density at radius 3 is 2.48 bits per heavy atom. The van der Waals surface area contributed by atoms with Gasteiger partial charge in [-0.05, 0) is 28.5 Å². The number of non-ortho nitro benzene ring substituents is 1. The van der Waals surface area contributed by atoms with Crippen molar-refractivity contribution in [2.45, 2.75) is 6.61 Å². The van der Waals surface area contributed by atoms with Gasteiger partial charge in [-0.2, -0.15) is 5.26 Å². The molecule has 33 heavy (non-hydrogen) atoms. The summed E-state index contributed by atoms with van der Waals surface area (Å²) in [5.74, 6) is -0.0692. The first-order valence-corrected chi connectivity index (χ1v) is 10.2. The van der Waals surface area contributed by atoms with Crippen LogP contribution in [0.1, 0.15) is 21.5 Å². The highest BCUT2D eigenvalue weighted by Gasteiger charge is 2.17. The molecule has 160 valence electrons. The summed E-state index contributed by atoms with van der Waals surface area (Å²) in [5, 5.41) is 22.6. The largest absolute Gasteiger partial charge is 0.488 e. The van der Waals surface area contributed by atoms with Gasteiger partial charge in [0, 0.05) is 23.3 Å². The third-order valence-electron chi connectivity index (χ3n) is 5.14. The van der Waals surface area contributed by atoms with Gasteiger partial charge in [-0.15, -0.1) is 0 Å². The number of ketones is 1. The molecule has 0 unspecified atom stereocenters. The first-order chi connectivity index (χ1) is 16.1. The van der Waals surface area contributed by atoms with Gasteiger partial charge >= 0.3 is 0 Å². The average molecular weight is 434 g/mol. The van der Waals surface area contributed by atoms with E-state index in [-0.39, 0.29) is 16.8 Å². The Hall–Kier alpha value is -4.76. The van der Waals surface area contributed by atoms with Crippen LogP contribution in [-0.4, -0.2) is 10.7 Å². The summed E-state index contributed by atoms with van der Waals surface area (Å²) in [5.41, 5.74) is 1.30. The van der Waals surface area contributed by atoms with Crippen molar-refractivity contribution < 1.29 is 14.5 Å². The molecule has 0 radical (unpaired) electrons. The highest BCUT2D eigenvalue weighted by molar-refractivity contribution is 6.15. The van der Waals surface area contributed by atoms with Gasteiger partial charge in [0.1, 0.15) is 24.0 Å². The minimum atomic E-state index is -0.594. The number of carbonyl (C=O) groups excluding carboxylic acids is 1. The normalized spacial score (nSPS) is 11.1. The van der Waals surface area contributed by atoms with E-state index < -0.39 is 10.7 Å². The second kappa shape index (κ2) is 9.58. The third kappa shape index (κ3) is 4.78. The van der Waals surface area contributed by atoms with Gasteiger partial charge < -0.3 is 4.74 Å².